The summed E-state index contributed by atoms with van der Waals surface area (Å²) in [5.74, 6) is 5.46. The van der Waals surface area contributed by atoms with Crippen LogP contribution in [0, 0.1) is 11.8 Å². The molecule has 0 aromatic heterocycles. The fraction of sp³-hybridized carbons (Fsp3) is 0.471. The van der Waals surface area contributed by atoms with Gasteiger partial charge in [-0.1, -0.05) is 18.8 Å². The maximum Gasteiger partial charge on any atom is 0.327 e. The van der Waals surface area contributed by atoms with Gasteiger partial charge in [-0.05, 0) is 44.0 Å². The Morgan fingerprint density at radius 2 is 1.88 bits per heavy atom. The molecule has 0 saturated heterocycles. The van der Waals surface area contributed by atoms with Gasteiger partial charge in [-0.25, -0.2) is 8.42 Å². The molecule has 2 rings (SSSR count). The van der Waals surface area contributed by atoms with E-state index in [1.165, 1.54) is 19.2 Å². The van der Waals surface area contributed by atoms with Gasteiger partial charge in [0, 0.05) is 0 Å². The Bertz CT molecular complexity index is 737. The zero-order chi connectivity index (χ0) is 17.6. The average Bonchev–Trinajstić information content (AvgIpc) is 3.04. The third kappa shape index (κ3) is 4.08. The van der Waals surface area contributed by atoms with Crippen LogP contribution in [0.3, 0.4) is 0 Å². The van der Waals surface area contributed by atoms with Crippen molar-refractivity contribution < 1.29 is 22.7 Å². The van der Waals surface area contributed by atoms with E-state index in [1.807, 2.05) is 0 Å². The summed E-state index contributed by atoms with van der Waals surface area (Å²) in [6, 6.07) is 6.00. The standard InChI is InChI=1S/C17H21NO5S/c1-3-4-13-23-14-7-9-15(10-8-14)24(20,21)18-17(16(19)22-2)11-5-6-12-17/h7-10,18H,5-6,11-13H2,1-2H3. The lowest BCUT2D eigenvalue weighted by Gasteiger charge is -2.26. The molecular formula is C17H21NO5S. The van der Waals surface area contributed by atoms with Crippen LogP contribution in [0.4, 0.5) is 0 Å². The summed E-state index contributed by atoms with van der Waals surface area (Å²) < 4.78 is 37.9. The van der Waals surface area contributed by atoms with E-state index in [1.54, 1.807) is 19.1 Å². The summed E-state index contributed by atoms with van der Waals surface area (Å²) in [5, 5.41) is 0. The van der Waals surface area contributed by atoms with Gasteiger partial charge in [0.15, 0.2) is 0 Å². The molecule has 0 unspecified atom stereocenters. The first kappa shape index (κ1) is 18.3. The molecule has 24 heavy (non-hydrogen) atoms. The highest BCUT2D eigenvalue weighted by molar-refractivity contribution is 7.89. The van der Waals surface area contributed by atoms with Crippen LogP contribution in [0.1, 0.15) is 32.6 Å². The van der Waals surface area contributed by atoms with E-state index >= 15 is 0 Å². The minimum Gasteiger partial charge on any atom is -0.481 e. The van der Waals surface area contributed by atoms with Gasteiger partial charge in [-0.2, -0.15) is 4.72 Å². The number of carbonyl (C=O) groups excluding carboxylic acids is 1. The van der Waals surface area contributed by atoms with E-state index in [2.05, 4.69) is 16.6 Å². The van der Waals surface area contributed by atoms with Crippen molar-refractivity contribution >= 4 is 16.0 Å². The van der Waals surface area contributed by atoms with Crippen LogP contribution in [-0.2, 0) is 19.6 Å². The lowest BCUT2D eigenvalue weighted by molar-refractivity contribution is -0.147. The molecule has 130 valence electrons. The average molecular weight is 351 g/mol. The molecule has 1 aliphatic carbocycles. The Labute approximate surface area is 142 Å². The Balaban J connectivity index is 2.17. The molecule has 7 heteroatoms. The number of methoxy groups -OCH3 is 1. The van der Waals surface area contributed by atoms with Gasteiger partial charge in [0.1, 0.15) is 17.9 Å². The molecule has 0 bridgehead atoms. The molecule has 0 radical (unpaired) electrons. The first-order valence-corrected chi connectivity index (χ1v) is 9.17. The van der Waals surface area contributed by atoms with Gasteiger partial charge >= 0.3 is 5.97 Å². The molecule has 6 nitrogen and oxygen atoms in total. The number of nitrogens with one attached hydrogen (secondary N) is 1. The molecular weight excluding hydrogens is 330 g/mol. The predicted molar refractivity (Wildman–Crippen MR) is 88.9 cm³/mol. The molecule has 0 aliphatic heterocycles. The van der Waals surface area contributed by atoms with Crippen molar-refractivity contribution in [3.8, 4) is 17.6 Å². The third-order valence-corrected chi connectivity index (χ3v) is 5.54. The Kier molecular flexibility index (Phi) is 5.86. The zero-order valence-electron chi connectivity index (χ0n) is 13.8. The van der Waals surface area contributed by atoms with Gasteiger partial charge in [-0.3, -0.25) is 4.79 Å². The van der Waals surface area contributed by atoms with Crippen LogP contribution in [0.25, 0.3) is 0 Å². The molecule has 1 aromatic carbocycles. The van der Waals surface area contributed by atoms with E-state index in [4.69, 9.17) is 9.47 Å². The van der Waals surface area contributed by atoms with Crippen molar-refractivity contribution in [1.82, 2.24) is 4.72 Å². The van der Waals surface area contributed by atoms with E-state index in [-0.39, 0.29) is 11.5 Å². The van der Waals surface area contributed by atoms with E-state index < -0.39 is 21.5 Å². The van der Waals surface area contributed by atoms with Gasteiger partial charge in [0.05, 0.1) is 12.0 Å². The van der Waals surface area contributed by atoms with E-state index in [9.17, 15) is 13.2 Å². The van der Waals surface area contributed by atoms with Gasteiger partial charge in [0.25, 0.3) is 0 Å². The molecule has 0 atom stereocenters. The van der Waals surface area contributed by atoms with Crippen molar-refractivity contribution in [1.29, 1.82) is 0 Å². The summed E-state index contributed by atoms with van der Waals surface area (Å²) in [6.07, 6.45) is 2.44. The van der Waals surface area contributed by atoms with Gasteiger partial charge in [0.2, 0.25) is 10.0 Å². The van der Waals surface area contributed by atoms with Crippen molar-refractivity contribution in [3.05, 3.63) is 24.3 Å². The highest BCUT2D eigenvalue weighted by Crippen LogP contribution is 2.32. The normalized spacial score (nSPS) is 16.1. The second kappa shape index (κ2) is 7.69. The summed E-state index contributed by atoms with van der Waals surface area (Å²) in [4.78, 5) is 12.1. The summed E-state index contributed by atoms with van der Waals surface area (Å²) in [7, 11) is -2.57. The SMILES string of the molecule is CC#CCOc1ccc(S(=O)(=O)NC2(C(=O)OC)CCCC2)cc1. The molecule has 1 N–H and O–H groups in total. The third-order valence-electron chi connectivity index (χ3n) is 3.98. The first-order valence-electron chi connectivity index (χ1n) is 7.68. The second-order valence-electron chi connectivity index (χ2n) is 5.57. The highest BCUT2D eigenvalue weighted by atomic mass is 32.2. The number of benzene rings is 1. The van der Waals surface area contributed by atoms with Crippen molar-refractivity contribution in [2.75, 3.05) is 13.7 Å². The van der Waals surface area contributed by atoms with E-state index in [0.717, 1.165) is 12.8 Å². The number of hydrogen-bond donors (Lipinski definition) is 1. The lowest BCUT2D eigenvalue weighted by Crippen LogP contribution is -2.52. The zero-order valence-corrected chi connectivity index (χ0v) is 14.6. The second-order valence-corrected chi connectivity index (χ2v) is 7.26. The first-order chi connectivity index (χ1) is 11.4. The number of hydrogen-bond acceptors (Lipinski definition) is 5. The Morgan fingerprint density at radius 3 is 2.42 bits per heavy atom. The summed E-state index contributed by atoms with van der Waals surface area (Å²) in [6.45, 7) is 1.96. The minimum absolute atomic E-state index is 0.0756. The van der Waals surface area contributed by atoms with Gasteiger partial charge in [-0.15, -0.1) is 5.92 Å². The van der Waals surface area contributed by atoms with Crippen molar-refractivity contribution in [2.45, 2.75) is 43.0 Å². The van der Waals surface area contributed by atoms with Crippen LogP contribution in [-0.4, -0.2) is 33.6 Å². The molecule has 0 spiro atoms. The number of ether oxygens (including phenoxy) is 2. The van der Waals surface area contributed by atoms with Crippen LogP contribution in [0.2, 0.25) is 0 Å². The summed E-state index contributed by atoms with van der Waals surface area (Å²) in [5.41, 5.74) is -1.17. The van der Waals surface area contributed by atoms with Crippen LogP contribution in [0.15, 0.2) is 29.2 Å². The lowest BCUT2D eigenvalue weighted by atomic mass is 10.00. The highest BCUT2D eigenvalue weighted by Gasteiger charge is 2.45. The van der Waals surface area contributed by atoms with Crippen LogP contribution >= 0.6 is 0 Å². The molecule has 1 aromatic rings. The Morgan fingerprint density at radius 1 is 1.25 bits per heavy atom. The van der Waals surface area contributed by atoms with Crippen molar-refractivity contribution in [2.24, 2.45) is 0 Å². The minimum atomic E-state index is -3.83. The van der Waals surface area contributed by atoms with Crippen LogP contribution < -0.4 is 9.46 Å². The number of carbonyl (C=O) groups is 1. The molecule has 0 heterocycles. The maximum atomic E-state index is 12.6. The number of rotatable bonds is 6. The van der Waals surface area contributed by atoms with Crippen LogP contribution in [0.5, 0.6) is 5.75 Å². The fourth-order valence-electron chi connectivity index (χ4n) is 2.74. The molecule has 1 aliphatic rings. The Hall–Kier alpha value is -2.04. The largest absolute Gasteiger partial charge is 0.481 e. The summed E-state index contributed by atoms with van der Waals surface area (Å²) >= 11 is 0. The quantitative estimate of drug-likeness (QED) is 0.625. The van der Waals surface area contributed by atoms with Gasteiger partial charge < -0.3 is 9.47 Å². The predicted octanol–water partition coefficient (Wildman–Crippen LogP) is 1.85. The number of sulfonamides is 1. The molecule has 1 fully saturated rings. The fourth-order valence-corrected chi connectivity index (χ4v) is 4.16. The smallest absolute Gasteiger partial charge is 0.327 e. The number of esters is 1. The van der Waals surface area contributed by atoms with E-state index in [0.29, 0.717) is 18.6 Å². The van der Waals surface area contributed by atoms with Crippen molar-refractivity contribution in [3.63, 3.8) is 0 Å². The molecule has 1 saturated carbocycles. The monoisotopic (exact) mass is 351 g/mol. The maximum absolute atomic E-state index is 12.6. The molecule has 0 amide bonds. The topological polar surface area (TPSA) is 81.7 Å².